The van der Waals surface area contributed by atoms with Gasteiger partial charge in [-0.1, -0.05) is 17.8 Å². The van der Waals surface area contributed by atoms with Crippen LogP contribution >= 0.6 is 0 Å². The first kappa shape index (κ1) is 21.8. The Bertz CT molecular complexity index is 1580. The van der Waals surface area contributed by atoms with Gasteiger partial charge in [0.05, 0.1) is 22.5 Å². The Kier molecular flexibility index (Phi) is 5.54. The monoisotopic (exact) mass is 446 g/mol. The number of nitrogen functional groups attached to an aromatic ring is 2. The smallest absolute Gasteiger partial charge is 0.144 e. The van der Waals surface area contributed by atoms with Gasteiger partial charge < -0.3 is 31.2 Å². The lowest BCUT2D eigenvalue weighted by atomic mass is 9.96. The van der Waals surface area contributed by atoms with Crippen molar-refractivity contribution in [1.29, 1.82) is 0 Å². The van der Waals surface area contributed by atoms with Gasteiger partial charge in [-0.25, -0.2) is 0 Å². The van der Waals surface area contributed by atoms with E-state index in [9.17, 15) is 10.2 Å². The molecule has 0 bridgehead atoms. The van der Waals surface area contributed by atoms with Crippen LogP contribution in [0.15, 0.2) is 54.6 Å². The van der Waals surface area contributed by atoms with E-state index < -0.39 is 0 Å². The third-order valence-electron chi connectivity index (χ3n) is 5.12. The molecule has 0 aliphatic carbocycles. The number of terminal acetylenes is 3. The fourth-order valence-electron chi connectivity index (χ4n) is 3.40. The lowest BCUT2D eigenvalue weighted by Gasteiger charge is -2.15. The second-order valence-electron chi connectivity index (χ2n) is 7.27. The Hall–Kier alpha value is -5.38. The van der Waals surface area contributed by atoms with E-state index in [1.807, 2.05) is 0 Å². The molecule has 0 saturated carbocycles. The van der Waals surface area contributed by atoms with Gasteiger partial charge >= 0.3 is 0 Å². The Morgan fingerprint density at radius 2 is 1.18 bits per heavy atom. The summed E-state index contributed by atoms with van der Waals surface area (Å²) in [5, 5.41) is 21.0. The Morgan fingerprint density at radius 3 is 1.68 bits per heavy atom. The average Bonchev–Trinajstić information content (AvgIpc) is 2.83. The number of fused-ring (bicyclic) bond motifs is 1. The molecular formula is C28H18N2O4. The summed E-state index contributed by atoms with van der Waals surface area (Å²) in [6.45, 7) is 0. The molecule has 6 heteroatoms. The molecule has 0 aliphatic rings. The molecule has 0 unspecified atom stereocenters. The van der Waals surface area contributed by atoms with Crippen LogP contribution in [-0.4, -0.2) is 10.2 Å². The Balaban J connectivity index is 1.87. The van der Waals surface area contributed by atoms with Crippen LogP contribution in [0.4, 0.5) is 11.4 Å². The fourth-order valence-corrected chi connectivity index (χ4v) is 3.40. The molecule has 0 fully saturated rings. The standard InChI is InChI=1S/C28H18N2O4/c1-4-16-12-28(34-19-8-10-24(30)26(32)14-19)20(6-3)22-11-17(5-2)27(15-21(16)22)33-18-7-9-23(29)25(31)13-18/h1-3,7-15,31-32H,29-30H2. The van der Waals surface area contributed by atoms with Crippen LogP contribution < -0.4 is 20.9 Å². The Morgan fingerprint density at radius 1 is 0.618 bits per heavy atom. The third-order valence-corrected chi connectivity index (χ3v) is 5.12. The lowest BCUT2D eigenvalue weighted by molar-refractivity contribution is 0.455. The minimum absolute atomic E-state index is 0.116. The largest absolute Gasteiger partial charge is 0.506 e. The molecule has 0 spiro atoms. The third kappa shape index (κ3) is 3.94. The van der Waals surface area contributed by atoms with E-state index in [-0.39, 0.29) is 22.9 Å². The number of nitrogens with two attached hydrogens (primary N) is 2. The highest BCUT2D eigenvalue weighted by molar-refractivity contribution is 5.97. The number of phenolic OH excluding ortho intramolecular Hbond substituents is 2. The second-order valence-corrected chi connectivity index (χ2v) is 7.27. The number of hydrogen-bond acceptors (Lipinski definition) is 6. The highest BCUT2D eigenvalue weighted by Crippen LogP contribution is 2.39. The van der Waals surface area contributed by atoms with Gasteiger partial charge in [-0.2, -0.15) is 0 Å². The number of anilines is 2. The highest BCUT2D eigenvalue weighted by atomic mass is 16.5. The molecule has 0 aromatic heterocycles. The van der Waals surface area contributed by atoms with E-state index in [1.165, 1.54) is 24.3 Å². The van der Waals surface area contributed by atoms with E-state index in [2.05, 4.69) is 17.8 Å². The minimum Gasteiger partial charge on any atom is -0.506 e. The molecule has 0 atom stereocenters. The van der Waals surface area contributed by atoms with Gasteiger partial charge in [0.25, 0.3) is 0 Å². The highest BCUT2D eigenvalue weighted by Gasteiger charge is 2.17. The number of ether oxygens (including phenoxy) is 2. The van der Waals surface area contributed by atoms with E-state index in [4.69, 9.17) is 40.2 Å². The van der Waals surface area contributed by atoms with Gasteiger partial charge in [0.1, 0.15) is 34.5 Å². The number of phenols is 2. The SMILES string of the molecule is C#Cc1cc2c(C#C)c(Oc3ccc(N)c(O)c3)cc(C#C)c2cc1Oc1ccc(N)c(O)c1. The second kappa shape index (κ2) is 8.63. The van der Waals surface area contributed by atoms with Gasteiger partial charge in [-0.05, 0) is 42.5 Å². The molecular weight excluding hydrogens is 428 g/mol. The molecule has 0 heterocycles. The number of benzene rings is 4. The summed E-state index contributed by atoms with van der Waals surface area (Å²) in [5.74, 6) is 8.93. The van der Waals surface area contributed by atoms with Crippen molar-refractivity contribution in [2.75, 3.05) is 11.5 Å². The number of hydrogen-bond donors (Lipinski definition) is 4. The van der Waals surface area contributed by atoms with Crippen molar-refractivity contribution in [1.82, 2.24) is 0 Å². The molecule has 6 nitrogen and oxygen atoms in total. The first-order valence-corrected chi connectivity index (χ1v) is 9.92. The maximum absolute atomic E-state index is 9.89. The van der Waals surface area contributed by atoms with Crippen molar-refractivity contribution in [3.8, 4) is 71.5 Å². The molecule has 34 heavy (non-hydrogen) atoms. The van der Waals surface area contributed by atoms with Gasteiger partial charge in [0.15, 0.2) is 0 Å². The summed E-state index contributed by atoms with van der Waals surface area (Å²) in [6, 6.07) is 14.0. The summed E-state index contributed by atoms with van der Waals surface area (Å²) < 4.78 is 11.9. The van der Waals surface area contributed by atoms with Crippen LogP contribution in [0.3, 0.4) is 0 Å². The molecule has 0 aliphatic heterocycles. The van der Waals surface area contributed by atoms with Gasteiger partial charge in [-0.15, -0.1) is 19.3 Å². The van der Waals surface area contributed by atoms with Crippen molar-refractivity contribution >= 4 is 22.1 Å². The van der Waals surface area contributed by atoms with E-state index in [0.29, 0.717) is 50.5 Å². The average molecular weight is 446 g/mol. The first-order valence-electron chi connectivity index (χ1n) is 9.92. The normalized spacial score (nSPS) is 10.1. The zero-order valence-electron chi connectivity index (χ0n) is 17.8. The predicted octanol–water partition coefficient (Wildman–Crippen LogP) is 4.94. The van der Waals surface area contributed by atoms with Gasteiger partial charge in [0, 0.05) is 28.5 Å². The van der Waals surface area contributed by atoms with Crippen molar-refractivity contribution < 1.29 is 19.7 Å². The molecule has 0 amide bonds. The van der Waals surface area contributed by atoms with E-state index >= 15 is 0 Å². The van der Waals surface area contributed by atoms with Gasteiger partial charge in [-0.3, -0.25) is 0 Å². The summed E-state index contributed by atoms with van der Waals surface area (Å²) >= 11 is 0. The van der Waals surface area contributed by atoms with Crippen LogP contribution in [0.5, 0.6) is 34.5 Å². The molecule has 6 N–H and O–H groups in total. The first-order chi connectivity index (χ1) is 16.3. The zero-order chi connectivity index (χ0) is 24.4. The molecule has 4 aromatic rings. The number of rotatable bonds is 4. The topological polar surface area (TPSA) is 111 Å². The lowest BCUT2D eigenvalue weighted by Crippen LogP contribution is -1.96. The zero-order valence-corrected chi connectivity index (χ0v) is 17.8. The van der Waals surface area contributed by atoms with Crippen LogP contribution in [0.2, 0.25) is 0 Å². The van der Waals surface area contributed by atoms with Gasteiger partial charge in [0.2, 0.25) is 0 Å². The van der Waals surface area contributed by atoms with Crippen LogP contribution in [0, 0.1) is 37.0 Å². The molecule has 0 saturated heterocycles. The van der Waals surface area contributed by atoms with Crippen molar-refractivity contribution in [2.24, 2.45) is 0 Å². The van der Waals surface area contributed by atoms with E-state index in [1.54, 1.807) is 30.3 Å². The van der Waals surface area contributed by atoms with Crippen molar-refractivity contribution in [2.45, 2.75) is 0 Å². The minimum atomic E-state index is -0.122. The molecule has 164 valence electrons. The predicted molar refractivity (Wildman–Crippen MR) is 133 cm³/mol. The molecule has 4 rings (SSSR count). The van der Waals surface area contributed by atoms with Crippen molar-refractivity contribution in [3.63, 3.8) is 0 Å². The summed E-state index contributed by atoms with van der Waals surface area (Å²) in [5.41, 5.74) is 13.1. The maximum Gasteiger partial charge on any atom is 0.144 e. The molecule has 0 radical (unpaired) electrons. The summed E-state index contributed by atoms with van der Waals surface area (Å²) in [6.07, 6.45) is 17.3. The quantitative estimate of drug-likeness (QED) is 0.201. The molecule has 4 aromatic carbocycles. The van der Waals surface area contributed by atoms with Crippen molar-refractivity contribution in [3.05, 3.63) is 71.3 Å². The fraction of sp³-hybridized carbons (Fsp3) is 0. The number of aromatic hydroxyl groups is 2. The van der Waals surface area contributed by atoms with Crippen LogP contribution in [0.1, 0.15) is 16.7 Å². The Labute approximate surface area is 196 Å². The summed E-state index contributed by atoms with van der Waals surface area (Å²) in [4.78, 5) is 0. The summed E-state index contributed by atoms with van der Waals surface area (Å²) in [7, 11) is 0. The van der Waals surface area contributed by atoms with Crippen LogP contribution in [-0.2, 0) is 0 Å². The van der Waals surface area contributed by atoms with E-state index in [0.717, 1.165) is 0 Å². The maximum atomic E-state index is 9.89. The van der Waals surface area contributed by atoms with Crippen LogP contribution in [0.25, 0.3) is 10.8 Å².